The number of nitrogens with zero attached hydrogens (tertiary/aromatic N) is 2. The molecule has 2 atom stereocenters. The summed E-state index contributed by atoms with van der Waals surface area (Å²) in [6.07, 6.45) is 6.94. The number of halogens is 3. The molecular weight excluding hydrogens is 378 g/mol. The SMILES string of the molecule is Cl.Cl.Cn1cc(NC(=O)c2cc(C3CC3NCC3CC3)ccc2F)cn1. The molecule has 1 aromatic carbocycles. The van der Waals surface area contributed by atoms with Gasteiger partial charge in [-0.15, -0.1) is 24.8 Å². The predicted octanol–water partition coefficient (Wildman–Crippen LogP) is 3.51. The number of hydrogen-bond donors (Lipinski definition) is 2. The summed E-state index contributed by atoms with van der Waals surface area (Å²) in [7, 11) is 1.76. The minimum Gasteiger partial charge on any atom is -0.319 e. The van der Waals surface area contributed by atoms with Gasteiger partial charge >= 0.3 is 0 Å². The van der Waals surface area contributed by atoms with Crippen LogP contribution in [0.4, 0.5) is 10.1 Å². The van der Waals surface area contributed by atoms with Gasteiger partial charge in [-0.05, 0) is 49.4 Å². The Morgan fingerprint density at radius 1 is 1.35 bits per heavy atom. The molecule has 1 amide bonds. The van der Waals surface area contributed by atoms with E-state index < -0.39 is 11.7 Å². The highest BCUT2D eigenvalue weighted by molar-refractivity contribution is 6.04. The van der Waals surface area contributed by atoms with Crippen LogP contribution in [-0.4, -0.2) is 28.3 Å². The summed E-state index contributed by atoms with van der Waals surface area (Å²) in [4.78, 5) is 12.3. The zero-order valence-electron chi connectivity index (χ0n) is 14.4. The maximum absolute atomic E-state index is 14.1. The van der Waals surface area contributed by atoms with Gasteiger partial charge < -0.3 is 10.6 Å². The largest absolute Gasteiger partial charge is 0.319 e. The summed E-state index contributed by atoms with van der Waals surface area (Å²) in [6, 6.07) is 5.33. The molecule has 5 nitrogen and oxygen atoms in total. The maximum atomic E-state index is 14.1. The number of amides is 1. The molecule has 1 heterocycles. The fraction of sp³-hybridized carbons (Fsp3) is 0.444. The molecule has 0 radical (unpaired) electrons. The number of benzene rings is 1. The van der Waals surface area contributed by atoms with Crippen LogP contribution in [-0.2, 0) is 7.05 Å². The third-order valence-corrected chi connectivity index (χ3v) is 4.78. The van der Waals surface area contributed by atoms with Gasteiger partial charge in [0.05, 0.1) is 17.4 Å². The first-order chi connectivity index (χ1) is 11.6. The maximum Gasteiger partial charge on any atom is 0.258 e. The van der Waals surface area contributed by atoms with Crippen molar-refractivity contribution < 1.29 is 9.18 Å². The van der Waals surface area contributed by atoms with E-state index in [2.05, 4.69) is 15.7 Å². The van der Waals surface area contributed by atoms with Crippen molar-refractivity contribution in [2.45, 2.75) is 31.2 Å². The van der Waals surface area contributed by atoms with E-state index >= 15 is 0 Å². The topological polar surface area (TPSA) is 59.0 Å². The molecule has 0 aliphatic heterocycles. The predicted molar refractivity (Wildman–Crippen MR) is 104 cm³/mol. The van der Waals surface area contributed by atoms with Gasteiger partial charge in [0.2, 0.25) is 0 Å². The first-order valence-corrected chi connectivity index (χ1v) is 8.43. The van der Waals surface area contributed by atoms with Crippen LogP contribution in [0.15, 0.2) is 30.6 Å². The summed E-state index contributed by atoms with van der Waals surface area (Å²) in [5, 5.41) is 10.2. The van der Waals surface area contributed by atoms with Crippen molar-refractivity contribution in [2.24, 2.45) is 13.0 Å². The highest BCUT2D eigenvalue weighted by Crippen LogP contribution is 2.42. The van der Waals surface area contributed by atoms with Gasteiger partial charge in [0, 0.05) is 25.2 Å². The number of hydrogen-bond acceptors (Lipinski definition) is 3. The van der Waals surface area contributed by atoms with E-state index in [1.165, 1.54) is 18.9 Å². The van der Waals surface area contributed by atoms with E-state index in [-0.39, 0.29) is 30.4 Å². The summed E-state index contributed by atoms with van der Waals surface area (Å²) in [5.41, 5.74) is 1.67. The molecule has 1 aromatic heterocycles. The second-order valence-corrected chi connectivity index (χ2v) is 6.90. The average Bonchev–Trinajstić information content (AvgIpc) is 3.46. The molecule has 26 heavy (non-hydrogen) atoms. The third-order valence-electron chi connectivity index (χ3n) is 4.78. The lowest BCUT2D eigenvalue weighted by Crippen LogP contribution is -2.20. The molecule has 2 fully saturated rings. The Balaban J connectivity index is 0.00000121. The Hall–Kier alpha value is -1.63. The quantitative estimate of drug-likeness (QED) is 0.779. The normalized spacial score (nSPS) is 20.7. The Morgan fingerprint density at radius 3 is 2.77 bits per heavy atom. The van der Waals surface area contributed by atoms with E-state index in [0.717, 1.165) is 24.4 Å². The van der Waals surface area contributed by atoms with Crippen LogP contribution in [0.2, 0.25) is 0 Å². The van der Waals surface area contributed by atoms with Gasteiger partial charge in [0.15, 0.2) is 0 Å². The van der Waals surface area contributed by atoms with Gasteiger partial charge in [-0.3, -0.25) is 9.48 Å². The lowest BCUT2D eigenvalue weighted by Gasteiger charge is -2.08. The van der Waals surface area contributed by atoms with Crippen LogP contribution in [0, 0.1) is 11.7 Å². The molecule has 0 saturated heterocycles. The van der Waals surface area contributed by atoms with E-state index in [0.29, 0.717) is 17.6 Å². The van der Waals surface area contributed by atoms with Crippen molar-refractivity contribution in [3.63, 3.8) is 0 Å². The number of nitrogens with one attached hydrogen (secondary N) is 2. The molecule has 8 heteroatoms. The van der Waals surface area contributed by atoms with Crippen molar-refractivity contribution in [3.05, 3.63) is 47.5 Å². The Bertz CT molecular complexity index is 778. The number of rotatable bonds is 6. The van der Waals surface area contributed by atoms with Crippen LogP contribution in [0.3, 0.4) is 0 Å². The monoisotopic (exact) mass is 400 g/mol. The minimum absolute atomic E-state index is 0. The molecule has 142 valence electrons. The fourth-order valence-electron chi connectivity index (χ4n) is 3.06. The zero-order valence-corrected chi connectivity index (χ0v) is 16.1. The van der Waals surface area contributed by atoms with Crippen LogP contribution < -0.4 is 10.6 Å². The smallest absolute Gasteiger partial charge is 0.258 e. The lowest BCUT2D eigenvalue weighted by atomic mass is 10.1. The Morgan fingerprint density at radius 2 is 2.12 bits per heavy atom. The van der Waals surface area contributed by atoms with Crippen LogP contribution >= 0.6 is 24.8 Å². The van der Waals surface area contributed by atoms with Gasteiger partial charge in [-0.2, -0.15) is 5.10 Å². The summed E-state index contributed by atoms with van der Waals surface area (Å²) in [6.45, 7) is 1.08. The van der Waals surface area contributed by atoms with Crippen molar-refractivity contribution >= 4 is 36.4 Å². The summed E-state index contributed by atoms with van der Waals surface area (Å²) in [5.74, 6) is 0.295. The summed E-state index contributed by atoms with van der Waals surface area (Å²) >= 11 is 0. The van der Waals surface area contributed by atoms with Gasteiger partial charge in [0.25, 0.3) is 5.91 Å². The molecule has 2 unspecified atom stereocenters. The average molecular weight is 401 g/mol. The second kappa shape index (κ2) is 8.37. The number of carbonyl (C=O) groups excluding carboxylic acids is 1. The molecule has 0 spiro atoms. The van der Waals surface area contributed by atoms with Gasteiger partial charge in [-0.1, -0.05) is 6.07 Å². The van der Waals surface area contributed by atoms with E-state index in [1.807, 2.05) is 0 Å². The van der Waals surface area contributed by atoms with Crippen LogP contribution in [0.5, 0.6) is 0 Å². The Kier molecular flexibility index (Phi) is 6.66. The molecule has 4 rings (SSSR count). The highest BCUT2D eigenvalue weighted by Gasteiger charge is 2.39. The van der Waals surface area contributed by atoms with E-state index in [4.69, 9.17) is 0 Å². The second-order valence-electron chi connectivity index (χ2n) is 6.90. The highest BCUT2D eigenvalue weighted by atomic mass is 35.5. The van der Waals surface area contributed by atoms with Crippen LogP contribution in [0.1, 0.15) is 41.1 Å². The standard InChI is InChI=1S/C18H21FN4O.2ClH/c1-23-10-13(9-21-23)22-18(24)15-6-12(4-5-16(15)19)14-7-17(14)20-8-11-2-3-11;;/h4-6,9-11,14,17,20H,2-3,7-8H2,1H3,(H,22,24);2*1H. The number of aromatic nitrogens is 2. The van der Waals surface area contributed by atoms with Gasteiger partial charge in [-0.25, -0.2) is 4.39 Å². The number of carbonyl (C=O) groups is 1. The van der Waals surface area contributed by atoms with E-state index in [1.54, 1.807) is 36.3 Å². The van der Waals surface area contributed by atoms with Crippen LogP contribution in [0.25, 0.3) is 0 Å². The molecule has 2 aliphatic rings. The third kappa shape index (κ3) is 4.75. The molecule has 0 bridgehead atoms. The van der Waals surface area contributed by atoms with Gasteiger partial charge in [0.1, 0.15) is 5.82 Å². The lowest BCUT2D eigenvalue weighted by molar-refractivity contribution is 0.102. The molecule has 2 saturated carbocycles. The molecule has 2 N–H and O–H groups in total. The van der Waals surface area contributed by atoms with E-state index in [9.17, 15) is 9.18 Å². The first-order valence-electron chi connectivity index (χ1n) is 8.43. The fourth-order valence-corrected chi connectivity index (χ4v) is 3.06. The van der Waals surface area contributed by atoms with Crippen molar-refractivity contribution in [1.29, 1.82) is 0 Å². The number of anilines is 1. The van der Waals surface area contributed by atoms with Crippen molar-refractivity contribution in [2.75, 3.05) is 11.9 Å². The van der Waals surface area contributed by atoms with Crippen molar-refractivity contribution in [1.82, 2.24) is 15.1 Å². The van der Waals surface area contributed by atoms with Crippen molar-refractivity contribution in [3.8, 4) is 0 Å². The molecule has 2 aliphatic carbocycles. The molecular formula is C18H23Cl2FN4O. The minimum atomic E-state index is -0.497. The first kappa shape index (κ1) is 20.7. The Labute approximate surface area is 164 Å². The molecule has 2 aromatic rings. The number of aryl methyl sites for hydroxylation is 1. The zero-order chi connectivity index (χ0) is 16.7. The summed E-state index contributed by atoms with van der Waals surface area (Å²) < 4.78 is 15.7.